The predicted molar refractivity (Wildman–Crippen MR) is 168 cm³/mol. The minimum Gasteiger partial charge on any atom is -0.371 e. The molecule has 6 rings (SSSR count). The number of carbonyl (C=O) groups excluding carboxylic acids is 1. The molecule has 0 atom stereocenters. The molecule has 0 saturated carbocycles. The van der Waals surface area contributed by atoms with E-state index in [-0.39, 0.29) is 10.8 Å². The van der Waals surface area contributed by atoms with Crippen LogP contribution in [0.1, 0.15) is 33.6 Å². The van der Waals surface area contributed by atoms with E-state index in [1.54, 1.807) is 28.9 Å². The van der Waals surface area contributed by atoms with Gasteiger partial charge in [0.15, 0.2) is 0 Å². The van der Waals surface area contributed by atoms with Crippen molar-refractivity contribution in [2.75, 3.05) is 42.9 Å². The van der Waals surface area contributed by atoms with Crippen LogP contribution < -0.4 is 20.3 Å². The number of nitrogens with zero attached hydrogens (tertiary/aromatic N) is 5. The molecule has 2 aromatic heterocycles. The largest absolute Gasteiger partial charge is 0.371 e. The van der Waals surface area contributed by atoms with E-state index >= 15 is 0 Å². The van der Waals surface area contributed by atoms with Crippen molar-refractivity contribution in [2.24, 2.45) is 0 Å². The number of hydrogen-bond donors (Lipinski definition) is 3. The number of carbonyl (C=O) groups is 1. The van der Waals surface area contributed by atoms with Crippen LogP contribution in [0.3, 0.4) is 0 Å². The molecule has 2 aromatic carbocycles. The number of piperazine rings is 1. The first-order valence-corrected chi connectivity index (χ1v) is 16.1. The third-order valence-electron chi connectivity index (χ3n) is 7.82. The van der Waals surface area contributed by atoms with Crippen molar-refractivity contribution in [3.63, 3.8) is 0 Å². The summed E-state index contributed by atoms with van der Waals surface area (Å²) in [6.07, 6.45) is 3.83. The van der Waals surface area contributed by atoms with Gasteiger partial charge in [0.05, 0.1) is 28.8 Å². The molecule has 11 nitrogen and oxygen atoms in total. The molecular weight excluding hydrogens is 564 g/mol. The Morgan fingerprint density at radius 2 is 1.74 bits per heavy atom. The molecule has 0 aliphatic carbocycles. The number of nitrogens with one attached hydrogen (secondary N) is 3. The summed E-state index contributed by atoms with van der Waals surface area (Å²) >= 11 is 0. The first kappa shape index (κ1) is 29.1. The first-order valence-electron chi connectivity index (χ1n) is 14.7. The predicted octanol–water partition coefficient (Wildman–Crippen LogP) is 3.62. The molecule has 0 radical (unpaired) electrons. The summed E-state index contributed by atoms with van der Waals surface area (Å²) < 4.78 is 30.3. The maximum atomic E-state index is 12.9. The van der Waals surface area contributed by atoms with Crippen LogP contribution in [-0.4, -0.2) is 78.1 Å². The molecule has 4 heterocycles. The Morgan fingerprint density at radius 3 is 2.47 bits per heavy atom. The number of sulfonamides is 1. The van der Waals surface area contributed by atoms with Crippen LogP contribution >= 0.6 is 0 Å². The molecule has 4 aromatic rings. The van der Waals surface area contributed by atoms with Gasteiger partial charge in [-0.15, -0.1) is 5.10 Å². The van der Waals surface area contributed by atoms with E-state index in [2.05, 4.69) is 42.3 Å². The van der Waals surface area contributed by atoms with Crippen LogP contribution in [0.2, 0.25) is 0 Å². The van der Waals surface area contributed by atoms with Crippen molar-refractivity contribution < 1.29 is 13.2 Å². The molecule has 3 N–H and O–H groups in total. The Labute approximate surface area is 252 Å². The van der Waals surface area contributed by atoms with Crippen molar-refractivity contribution in [3.05, 3.63) is 66.9 Å². The molecule has 2 aliphatic rings. The second-order valence-electron chi connectivity index (χ2n) is 12.2. The number of amides is 1. The molecule has 1 amide bonds. The van der Waals surface area contributed by atoms with E-state index in [0.717, 1.165) is 61.5 Å². The summed E-state index contributed by atoms with van der Waals surface area (Å²) in [6, 6.07) is 19.4. The van der Waals surface area contributed by atoms with Gasteiger partial charge in [0.2, 0.25) is 21.9 Å². The number of fused-ring (bicyclic) bond motifs is 1. The van der Waals surface area contributed by atoms with Gasteiger partial charge >= 0.3 is 0 Å². The minimum atomic E-state index is -3.68. The topological polar surface area (TPSA) is 124 Å². The zero-order chi connectivity index (χ0) is 30.2. The molecule has 12 heteroatoms. The highest BCUT2D eigenvalue weighted by atomic mass is 32.2. The molecule has 0 bridgehead atoms. The molecule has 0 spiro atoms. The van der Waals surface area contributed by atoms with Crippen LogP contribution in [-0.2, 0) is 14.8 Å². The fourth-order valence-corrected chi connectivity index (χ4v) is 7.27. The minimum absolute atomic E-state index is 0.127. The van der Waals surface area contributed by atoms with Crippen LogP contribution in [0.15, 0.2) is 71.8 Å². The van der Waals surface area contributed by atoms with E-state index in [4.69, 9.17) is 5.10 Å². The Bertz CT molecular complexity index is 1720. The van der Waals surface area contributed by atoms with E-state index in [0.29, 0.717) is 18.5 Å². The Kier molecular flexibility index (Phi) is 7.84. The zero-order valence-corrected chi connectivity index (χ0v) is 25.6. The number of aromatic nitrogens is 3. The second kappa shape index (κ2) is 11.6. The van der Waals surface area contributed by atoms with E-state index in [1.165, 1.54) is 5.69 Å². The van der Waals surface area contributed by atoms with E-state index in [1.807, 2.05) is 51.1 Å². The Morgan fingerprint density at radius 1 is 0.977 bits per heavy atom. The molecule has 226 valence electrons. The maximum Gasteiger partial charge on any atom is 0.245 e. The van der Waals surface area contributed by atoms with Crippen LogP contribution in [0, 0.1) is 0 Å². The van der Waals surface area contributed by atoms with Gasteiger partial charge < -0.3 is 15.5 Å². The normalized spacial score (nSPS) is 17.3. The molecular formula is C31H38N8O3S. The van der Waals surface area contributed by atoms with Gasteiger partial charge in [0, 0.05) is 54.7 Å². The van der Waals surface area contributed by atoms with Crippen LogP contribution in [0.4, 0.5) is 17.3 Å². The summed E-state index contributed by atoms with van der Waals surface area (Å²) in [5, 5.41) is 10.9. The van der Waals surface area contributed by atoms with Crippen molar-refractivity contribution in [3.8, 4) is 11.3 Å². The smallest absolute Gasteiger partial charge is 0.245 e. The first-order chi connectivity index (χ1) is 20.5. The summed E-state index contributed by atoms with van der Waals surface area (Å²) in [4.78, 5) is 21.2. The molecule has 2 saturated heterocycles. The monoisotopic (exact) mass is 602 g/mol. The van der Waals surface area contributed by atoms with Gasteiger partial charge in [-0.3, -0.25) is 9.69 Å². The highest BCUT2D eigenvalue weighted by molar-refractivity contribution is 7.89. The SMILES string of the molecule is CC(C)(C)NS(=O)(=O)c1cccc(-c2ccc3cnc(Nc4ccc(N5CCC(N6CCNC(=O)C6)CC5)cc4)nn23)c1. The van der Waals surface area contributed by atoms with Crippen molar-refractivity contribution >= 4 is 38.8 Å². The van der Waals surface area contributed by atoms with E-state index in [9.17, 15) is 13.2 Å². The second-order valence-corrected chi connectivity index (χ2v) is 13.9. The van der Waals surface area contributed by atoms with Gasteiger partial charge in [-0.1, -0.05) is 12.1 Å². The summed E-state index contributed by atoms with van der Waals surface area (Å²) in [5.74, 6) is 0.559. The lowest BCUT2D eigenvalue weighted by Gasteiger charge is -2.40. The van der Waals surface area contributed by atoms with Gasteiger partial charge in [-0.2, -0.15) is 0 Å². The number of benzene rings is 2. The third-order valence-corrected chi connectivity index (χ3v) is 9.57. The van der Waals surface area contributed by atoms with Gasteiger partial charge in [-0.25, -0.2) is 22.6 Å². The third kappa shape index (κ3) is 6.66. The average Bonchev–Trinajstić information content (AvgIpc) is 3.40. The molecule has 0 unspecified atom stereocenters. The highest BCUT2D eigenvalue weighted by Crippen LogP contribution is 2.27. The highest BCUT2D eigenvalue weighted by Gasteiger charge is 2.28. The fourth-order valence-electron chi connectivity index (χ4n) is 5.81. The lowest BCUT2D eigenvalue weighted by molar-refractivity contribution is -0.125. The quantitative estimate of drug-likeness (QED) is 0.293. The molecule has 2 aliphatic heterocycles. The van der Waals surface area contributed by atoms with Crippen molar-refractivity contribution in [1.29, 1.82) is 0 Å². The Hall–Kier alpha value is -4.00. The molecule has 43 heavy (non-hydrogen) atoms. The molecule has 2 fully saturated rings. The average molecular weight is 603 g/mol. The van der Waals surface area contributed by atoms with E-state index < -0.39 is 15.6 Å². The van der Waals surface area contributed by atoms with Gasteiger partial charge in [0.1, 0.15) is 0 Å². The summed E-state index contributed by atoms with van der Waals surface area (Å²) in [6.45, 7) is 9.54. The van der Waals surface area contributed by atoms with Crippen LogP contribution in [0.5, 0.6) is 0 Å². The maximum absolute atomic E-state index is 12.9. The summed E-state index contributed by atoms with van der Waals surface area (Å²) in [5.41, 5.74) is 3.74. The van der Waals surface area contributed by atoms with Gasteiger partial charge in [0.25, 0.3) is 0 Å². The lowest BCUT2D eigenvalue weighted by Crippen LogP contribution is -2.54. The number of hydrogen-bond acceptors (Lipinski definition) is 8. The standard InChI is InChI=1S/C31H38N8O3S/c1-31(2,3)36-43(41,42)27-6-4-5-22(19-27)28-12-11-26-20-33-30(35-39(26)28)34-23-7-9-24(10-8-23)37-16-13-25(14-17-37)38-18-15-32-29(40)21-38/h4-12,19-20,25,36H,13-18,21H2,1-3H3,(H,32,40)(H,34,35). The summed E-state index contributed by atoms with van der Waals surface area (Å²) in [7, 11) is -3.68. The van der Waals surface area contributed by atoms with Crippen molar-refractivity contribution in [1.82, 2.24) is 29.5 Å². The van der Waals surface area contributed by atoms with Gasteiger partial charge in [-0.05, 0) is 82.1 Å². The zero-order valence-electron chi connectivity index (χ0n) is 24.7. The van der Waals surface area contributed by atoms with Crippen LogP contribution in [0.25, 0.3) is 16.8 Å². The van der Waals surface area contributed by atoms with Crippen molar-refractivity contribution in [2.45, 2.75) is 50.1 Å². The number of piperidine rings is 1. The number of rotatable bonds is 7. The fraction of sp³-hybridized carbons (Fsp3) is 0.387. The lowest BCUT2D eigenvalue weighted by atomic mass is 10.0. The number of anilines is 3. The Balaban J connectivity index is 1.14.